The number of pyridine rings is 2. The van der Waals surface area contributed by atoms with E-state index in [0.717, 1.165) is 11.1 Å². The molecule has 3 heterocycles. The number of halogens is 2. The summed E-state index contributed by atoms with van der Waals surface area (Å²) in [6, 6.07) is 7.19. The van der Waals surface area contributed by atoms with Gasteiger partial charge in [0.2, 0.25) is 0 Å². The number of nitriles is 1. The molecule has 1 atom stereocenters. The average Bonchev–Trinajstić information content (AvgIpc) is 2.86. The van der Waals surface area contributed by atoms with Crippen molar-refractivity contribution in [3.8, 4) is 11.8 Å². The molecule has 2 aromatic heterocycles. The van der Waals surface area contributed by atoms with Crippen molar-refractivity contribution in [2.24, 2.45) is 5.73 Å². The van der Waals surface area contributed by atoms with E-state index in [9.17, 15) is 10.1 Å². The number of ether oxygens (including phenoxy) is 1. The summed E-state index contributed by atoms with van der Waals surface area (Å²) >= 11 is 12.7. The summed E-state index contributed by atoms with van der Waals surface area (Å²) in [5.41, 5.74) is 14.5. The van der Waals surface area contributed by atoms with Crippen LogP contribution in [0.25, 0.3) is 0 Å². The number of aromatic nitrogens is 2. The molecule has 0 saturated carbocycles. The molecule has 1 aromatic carbocycles. The number of carbonyl (C=O) groups excluding carboxylic acids is 1. The van der Waals surface area contributed by atoms with E-state index in [4.69, 9.17) is 44.8 Å². The molecule has 9 nitrogen and oxygen atoms in total. The summed E-state index contributed by atoms with van der Waals surface area (Å²) in [6.45, 7) is 2.53. The lowest BCUT2D eigenvalue weighted by molar-refractivity contribution is -0.113. The Labute approximate surface area is 224 Å². The van der Waals surface area contributed by atoms with Crippen molar-refractivity contribution < 1.29 is 9.53 Å². The van der Waals surface area contributed by atoms with E-state index in [1.54, 1.807) is 42.6 Å². The highest BCUT2D eigenvalue weighted by molar-refractivity contribution is 6.35. The minimum absolute atomic E-state index is 0.0775. The Hall–Kier alpha value is -3.71. The zero-order valence-corrected chi connectivity index (χ0v) is 21.8. The Kier molecular flexibility index (Phi) is 7.37. The minimum Gasteiger partial charge on any atom is -0.496 e. The molecule has 190 valence electrons. The Balaban J connectivity index is 1.65. The maximum atomic E-state index is 11.1. The van der Waals surface area contributed by atoms with Crippen molar-refractivity contribution in [3.05, 3.63) is 74.7 Å². The molecule has 0 bridgehead atoms. The molecule has 0 aliphatic carbocycles. The number of rotatable bonds is 8. The normalized spacial score (nSPS) is 14.9. The van der Waals surface area contributed by atoms with Gasteiger partial charge >= 0.3 is 0 Å². The van der Waals surface area contributed by atoms with Crippen molar-refractivity contribution in [2.75, 3.05) is 30.8 Å². The van der Waals surface area contributed by atoms with E-state index >= 15 is 0 Å². The summed E-state index contributed by atoms with van der Waals surface area (Å²) in [7, 11) is 1.55. The summed E-state index contributed by atoms with van der Waals surface area (Å²) in [6.07, 6.45) is 5.84. The highest BCUT2D eigenvalue weighted by Crippen LogP contribution is 2.36. The maximum absolute atomic E-state index is 11.1. The van der Waals surface area contributed by atoms with Crippen molar-refractivity contribution >= 4 is 46.7 Å². The fourth-order valence-electron chi connectivity index (χ4n) is 4.50. The summed E-state index contributed by atoms with van der Waals surface area (Å²) in [4.78, 5) is 21.3. The van der Waals surface area contributed by atoms with Crippen LogP contribution < -0.4 is 21.1 Å². The second-order valence-corrected chi connectivity index (χ2v) is 9.98. The van der Waals surface area contributed by atoms with Gasteiger partial charge < -0.3 is 25.9 Å². The van der Waals surface area contributed by atoms with Crippen molar-refractivity contribution in [3.63, 3.8) is 0 Å². The van der Waals surface area contributed by atoms with E-state index in [2.05, 4.69) is 16.0 Å². The van der Waals surface area contributed by atoms with Gasteiger partial charge in [-0.1, -0.05) is 30.1 Å². The van der Waals surface area contributed by atoms with E-state index in [-0.39, 0.29) is 30.3 Å². The van der Waals surface area contributed by atoms with E-state index in [1.807, 2.05) is 6.92 Å². The smallest absolute Gasteiger partial charge is 0.146 e. The van der Waals surface area contributed by atoms with Gasteiger partial charge in [0.05, 0.1) is 28.4 Å². The number of carbonyl (C=O) groups is 1. The van der Waals surface area contributed by atoms with Gasteiger partial charge in [0.25, 0.3) is 0 Å². The van der Waals surface area contributed by atoms with E-state index < -0.39 is 5.54 Å². The van der Waals surface area contributed by atoms with Crippen LogP contribution in [0.1, 0.15) is 40.7 Å². The van der Waals surface area contributed by atoms with Crippen LogP contribution in [-0.4, -0.2) is 47.7 Å². The van der Waals surface area contributed by atoms with Crippen LogP contribution in [0.5, 0.6) is 5.75 Å². The molecule has 3 aromatic rings. The molecule has 0 spiro atoms. The van der Waals surface area contributed by atoms with Gasteiger partial charge in [-0.2, -0.15) is 5.26 Å². The molecule has 11 heteroatoms. The first-order valence-corrected chi connectivity index (χ1v) is 12.1. The number of benzene rings is 1. The molecular weight excluding hydrogens is 513 g/mol. The van der Waals surface area contributed by atoms with Crippen LogP contribution in [0.4, 0.5) is 11.5 Å². The van der Waals surface area contributed by atoms with Crippen LogP contribution in [0.3, 0.4) is 0 Å². The van der Waals surface area contributed by atoms with Gasteiger partial charge in [-0.25, -0.2) is 4.98 Å². The zero-order valence-electron chi connectivity index (χ0n) is 20.3. The molecule has 4 rings (SSSR count). The van der Waals surface area contributed by atoms with Crippen LogP contribution in [0.15, 0.2) is 36.8 Å². The van der Waals surface area contributed by atoms with Crippen molar-refractivity contribution in [1.29, 1.82) is 10.7 Å². The highest BCUT2D eigenvalue weighted by Gasteiger charge is 2.41. The van der Waals surface area contributed by atoms with Gasteiger partial charge in [-0.3, -0.25) is 10.4 Å². The average molecular weight is 538 g/mol. The van der Waals surface area contributed by atoms with Gasteiger partial charge in [0.1, 0.15) is 29.5 Å². The Morgan fingerprint density at radius 3 is 2.57 bits per heavy atom. The number of nitrogens with two attached hydrogens (primary N) is 2. The third kappa shape index (κ3) is 5.09. The van der Waals surface area contributed by atoms with Gasteiger partial charge in [0.15, 0.2) is 0 Å². The molecule has 1 fully saturated rings. The van der Waals surface area contributed by atoms with Gasteiger partial charge in [0, 0.05) is 54.6 Å². The largest absolute Gasteiger partial charge is 0.496 e. The molecule has 0 radical (unpaired) electrons. The lowest BCUT2D eigenvalue weighted by Crippen LogP contribution is -2.69. The van der Waals surface area contributed by atoms with Crippen molar-refractivity contribution in [1.82, 2.24) is 9.97 Å². The second kappa shape index (κ2) is 10.3. The van der Waals surface area contributed by atoms with E-state index in [1.165, 1.54) is 6.20 Å². The minimum atomic E-state index is -0.935. The molecule has 1 aliphatic rings. The summed E-state index contributed by atoms with van der Waals surface area (Å²) < 4.78 is 5.56. The SMILES string of the molecule is COc1cc(N)c(C(=N)c2cnc(N3CC(N)(C=O)C3)c(C#N)c2)cc1C[C@H](C)c1c(Cl)cncc1Cl. The number of nitrogens with one attached hydrogen (secondary N) is 1. The van der Waals surface area contributed by atoms with Gasteiger partial charge in [-0.05, 0) is 35.6 Å². The van der Waals surface area contributed by atoms with Crippen LogP contribution in [0, 0.1) is 16.7 Å². The number of aldehydes is 1. The van der Waals surface area contributed by atoms with E-state index in [0.29, 0.717) is 51.1 Å². The number of nitrogen functional groups attached to an aromatic ring is 1. The monoisotopic (exact) mass is 537 g/mol. The molecular formula is C26H25Cl2N7O2. The van der Waals surface area contributed by atoms with Crippen LogP contribution in [-0.2, 0) is 11.2 Å². The molecule has 0 unspecified atom stereocenters. The fourth-order valence-corrected chi connectivity index (χ4v) is 5.24. The van der Waals surface area contributed by atoms with Gasteiger partial charge in [-0.15, -0.1) is 0 Å². The Bertz CT molecular complexity index is 1410. The topological polar surface area (TPSA) is 155 Å². The third-order valence-electron chi connectivity index (χ3n) is 6.41. The fraction of sp³-hybridized carbons (Fsp3) is 0.269. The number of anilines is 2. The van der Waals surface area contributed by atoms with Crippen LogP contribution in [0.2, 0.25) is 10.0 Å². The Morgan fingerprint density at radius 2 is 1.97 bits per heavy atom. The predicted molar refractivity (Wildman–Crippen MR) is 144 cm³/mol. The molecule has 1 aliphatic heterocycles. The number of nitrogens with zero attached hydrogens (tertiary/aromatic N) is 4. The first-order chi connectivity index (χ1) is 17.6. The summed E-state index contributed by atoms with van der Waals surface area (Å²) in [5, 5.41) is 19.5. The molecule has 0 amide bonds. The third-order valence-corrected chi connectivity index (χ3v) is 7.01. The quantitative estimate of drug-likeness (QED) is 0.223. The Morgan fingerprint density at radius 1 is 1.30 bits per heavy atom. The molecule has 37 heavy (non-hydrogen) atoms. The molecule has 5 N–H and O–H groups in total. The highest BCUT2D eigenvalue weighted by atomic mass is 35.5. The predicted octanol–water partition coefficient (Wildman–Crippen LogP) is 3.72. The molecule has 1 saturated heterocycles. The second-order valence-electron chi connectivity index (χ2n) is 9.16. The zero-order chi connectivity index (χ0) is 26.9. The number of methoxy groups -OCH3 is 1. The lowest BCUT2D eigenvalue weighted by atomic mass is 9.90. The first kappa shape index (κ1) is 26.4. The summed E-state index contributed by atoms with van der Waals surface area (Å²) in [5.74, 6) is 0.920. The standard InChI is InChI=1S/C26H25Cl2N7O2/c1-14(23-19(27)9-33-10-20(23)28)3-15-5-18(21(30)6-22(15)37-2)24(31)17-4-16(7-29)25(34-8-17)35-11-26(32,12-35)13-36/h4-6,8-10,13-14,31H,3,11-12,30,32H2,1-2H3/t14-/m0/s1. The lowest BCUT2D eigenvalue weighted by Gasteiger charge is -2.44. The maximum Gasteiger partial charge on any atom is 0.146 e. The van der Waals surface area contributed by atoms with Crippen molar-refractivity contribution in [2.45, 2.75) is 24.8 Å². The van der Waals surface area contributed by atoms with Crippen LogP contribution >= 0.6 is 23.2 Å². The first-order valence-electron chi connectivity index (χ1n) is 11.4. The number of hydrogen-bond donors (Lipinski definition) is 3. The number of hydrogen-bond acceptors (Lipinski definition) is 9.